The van der Waals surface area contributed by atoms with Gasteiger partial charge in [0.25, 0.3) is 0 Å². The fourth-order valence-electron chi connectivity index (χ4n) is 3.29. The molecule has 158 valence electrons. The molecule has 1 aromatic heterocycles. The first-order valence-corrected chi connectivity index (χ1v) is 10.2. The Kier molecular flexibility index (Phi) is 7.63. The van der Waals surface area contributed by atoms with Gasteiger partial charge in [0.15, 0.2) is 0 Å². The highest BCUT2D eigenvalue weighted by molar-refractivity contribution is 6.30. The topological polar surface area (TPSA) is 59.4 Å². The van der Waals surface area contributed by atoms with Gasteiger partial charge in [-0.3, -0.25) is 9.69 Å². The molecular weight excluding hydrogens is 400 g/mol. The number of hydrogen-bond acceptors (Lipinski definition) is 4. The Hall–Kier alpha value is -2.67. The van der Waals surface area contributed by atoms with Gasteiger partial charge in [-0.25, -0.2) is 4.68 Å². The van der Waals surface area contributed by atoms with Crippen molar-refractivity contribution in [3.8, 4) is 16.9 Å². The summed E-state index contributed by atoms with van der Waals surface area (Å²) in [5.41, 5.74) is 3.86. The van der Waals surface area contributed by atoms with Crippen molar-refractivity contribution >= 4 is 17.5 Å². The van der Waals surface area contributed by atoms with E-state index < -0.39 is 0 Å². The minimum atomic E-state index is -0.0365. The fourth-order valence-corrected chi connectivity index (χ4v) is 3.42. The summed E-state index contributed by atoms with van der Waals surface area (Å²) in [5, 5.41) is 8.44. The number of hydrogen-bond donors (Lipinski definition) is 1. The first-order chi connectivity index (χ1) is 14.5. The van der Waals surface area contributed by atoms with E-state index in [1.165, 1.54) is 0 Å². The molecule has 1 unspecified atom stereocenters. The number of carbonyl (C=O) groups excluding carboxylic acids is 1. The van der Waals surface area contributed by atoms with Crippen LogP contribution in [0, 0.1) is 0 Å². The normalized spacial score (nSPS) is 12.2. The molecule has 0 spiro atoms. The lowest BCUT2D eigenvalue weighted by molar-refractivity contribution is -0.123. The maximum absolute atomic E-state index is 12.3. The lowest BCUT2D eigenvalue weighted by Gasteiger charge is -2.18. The van der Waals surface area contributed by atoms with E-state index in [1.807, 2.05) is 84.3 Å². The molecule has 0 bridgehead atoms. The van der Waals surface area contributed by atoms with E-state index in [4.69, 9.17) is 21.4 Å². The number of para-hydroxylation sites is 1. The molecule has 3 aromatic rings. The highest BCUT2D eigenvalue weighted by Crippen LogP contribution is 2.26. The van der Waals surface area contributed by atoms with Crippen LogP contribution in [0.3, 0.4) is 0 Å². The average molecular weight is 427 g/mol. The van der Waals surface area contributed by atoms with Gasteiger partial charge in [-0.05, 0) is 38.2 Å². The van der Waals surface area contributed by atoms with E-state index in [-0.39, 0.29) is 18.5 Å². The average Bonchev–Trinajstić information content (AvgIpc) is 3.12. The number of amides is 1. The van der Waals surface area contributed by atoms with E-state index in [9.17, 15) is 4.79 Å². The van der Waals surface area contributed by atoms with Crippen LogP contribution < -0.4 is 5.32 Å². The fraction of sp³-hybridized carbons (Fsp3) is 0.304. The second-order valence-corrected chi connectivity index (χ2v) is 7.82. The summed E-state index contributed by atoms with van der Waals surface area (Å²) >= 11 is 6.06. The van der Waals surface area contributed by atoms with Gasteiger partial charge in [0, 0.05) is 42.0 Å². The number of halogens is 1. The number of carbonyl (C=O) groups is 1. The lowest BCUT2D eigenvalue weighted by atomic mass is 10.1. The summed E-state index contributed by atoms with van der Waals surface area (Å²) in [6, 6.07) is 17.6. The number of benzene rings is 2. The van der Waals surface area contributed by atoms with Gasteiger partial charge in [-0.2, -0.15) is 5.10 Å². The molecule has 1 N–H and O–H groups in total. The zero-order valence-corrected chi connectivity index (χ0v) is 18.3. The molecule has 0 radical (unpaired) electrons. The quantitative estimate of drug-likeness (QED) is 0.565. The summed E-state index contributed by atoms with van der Waals surface area (Å²) in [6.45, 7) is 3.27. The van der Waals surface area contributed by atoms with Crippen molar-refractivity contribution in [1.82, 2.24) is 20.0 Å². The molecule has 0 aliphatic rings. The summed E-state index contributed by atoms with van der Waals surface area (Å²) < 4.78 is 6.94. The van der Waals surface area contributed by atoms with Crippen LogP contribution in [0.1, 0.15) is 12.5 Å². The largest absolute Gasteiger partial charge is 0.383 e. The zero-order chi connectivity index (χ0) is 21.5. The van der Waals surface area contributed by atoms with Gasteiger partial charge in [0.2, 0.25) is 5.91 Å². The third kappa shape index (κ3) is 5.92. The minimum Gasteiger partial charge on any atom is -0.383 e. The summed E-state index contributed by atoms with van der Waals surface area (Å²) in [4.78, 5) is 14.3. The van der Waals surface area contributed by atoms with Crippen LogP contribution in [-0.4, -0.2) is 53.9 Å². The molecule has 1 atom stereocenters. The smallest absolute Gasteiger partial charge is 0.234 e. The number of likely N-dealkylation sites (N-methyl/N-ethyl adjacent to an activating group) is 1. The van der Waals surface area contributed by atoms with Gasteiger partial charge in [-0.15, -0.1) is 0 Å². The molecule has 0 aliphatic heterocycles. The van der Waals surface area contributed by atoms with Crippen molar-refractivity contribution in [3.05, 3.63) is 71.4 Å². The highest BCUT2D eigenvalue weighted by Gasteiger charge is 2.16. The highest BCUT2D eigenvalue weighted by atomic mass is 35.5. The van der Waals surface area contributed by atoms with Crippen molar-refractivity contribution in [2.45, 2.75) is 19.5 Å². The standard InChI is InChI=1S/C23H27ClN4O2/c1-17(16-30-3)25-22(29)15-27(2)13-19-14-28(21-7-5-4-6-8-21)26-23(19)18-9-11-20(24)12-10-18/h4-12,14,17H,13,15-16H2,1-3H3,(H,25,29). The number of rotatable bonds is 9. The van der Waals surface area contributed by atoms with Crippen LogP contribution in [0.2, 0.25) is 5.02 Å². The van der Waals surface area contributed by atoms with Crippen molar-refractivity contribution < 1.29 is 9.53 Å². The zero-order valence-electron chi connectivity index (χ0n) is 17.5. The Bertz CT molecular complexity index is 957. The molecule has 1 heterocycles. The summed E-state index contributed by atoms with van der Waals surface area (Å²) in [7, 11) is 3.55. The van der Waals surface area contributed by atoms with Crippen LogP contribution in [0.15, 0.2) is 60.8 Å². The molecule has 0 saturated carbocycles. The van der Waals surface area contributed by atoms with Crippen molar-refractivity contribution in [2.24, 2.45) is 0 Å². The van der Waals surface area contributed by atoms with Crippen molar-refractivity contribution in [3.63, 3.8) is 0 Å². The summed E-state index contributed by atoms with van der Waals surface area (Å²) in [6.07, 6.45) is 2.02. The number of aromatic nitrogens is 2. The van der Waals surface area contributed by atoms with Crippen LogP contribution in [0.5, 0.6) is 0 Å². The van der Waals surface area contributed by atoms with E-state index in [0.29, 0.717) is 18.2 Å². The van der Waals surface area contributed by atoms with E-state index in [1.54, 1.807) is 7.11 Å². The van der Waals surface area contributed by atoms with E-state index in [2.05, 4.69) is 5.32 Å². The molecule has 0 saturated heterocycles. The molecule has 7 heteroatoms. The number of nitrogens with zero attached hydrogens (tertiary/aromatic N) is 3. The van der Waals surface area contributed by atoms with E-state index in [0.717, 1.165) is 22.5 Å². The monoisotopic (exact) mass is 426 g/mol. The number of nitrogens with one attached hydrogen (secondary N) is 1. The van der Waals surface area contributed by atoms with Gasteiger partial charge < -0.3 is 10.1 Å². The molecule has 30 heavy (non-hydrogen) atoms. The second kappa shape index (κ2) is 10.4. The molecular formula is C23H27ClN4O2. The number of ether oxygens (including phenoxy) is 1. The van der Waals surface area contributed by atoms with Crippen LogP contribution in [0.4, 0.5) is 0 Å². The first kappa shape index (κ1) is 22.0. The predicted octanol–water partition coefficient (Wildman–Crippen LogP) is 3.78. The second-order valence-electron chi connectivity index (χ2n) is 7.39. The Balaban J connectivity index is 1.81. The molecule has 0 fully saturated rings. The predicted molar refractivity (Wildman–Crippen MR) is 120 cm³/mol. The molecule has 6 nitrogen and oxygen atoms in total. The maximum atomic E-state index is 12.3. The van der Waals surface area contributed by atoms with Gasteiger partial charge in [0.05, 0.1) is 24.5 Å². The minimum absolute atomic E-state index is 0.0265. The molecule has 2 aromatic carbocycles. The molecule has 3 rings (SSSR count). The Labute approximate surface area is 182 Å². The Morgan fingerprint density at radius 1 is 1.20 bits per heavy atom. The third-order valence-electron chi connectivity index (χ3n) is 4.61. The van der Waals surface area contributed by atoms with Gasteiger partial charge >= 0.3 is 0 Å². The van der Waals surface area contributed by atoms with Gasteiger partial charge in [0.1, 0.15) is 0 Å². The lowest BCUT2D eigenvalue weighted by Crippen LogP contribution is -2.41. The SMILES string of the molecule is COCC(C)NC(=O)CN(C)Cc1cn(-c2ccccc2)nc1-c1ccc(Cl)cc1. The first-order valence-electron chi connectivity index (χ1n) is 9.83. The molecule has 0 aliphatic carbocycles. The maximum Gasteiger partial charge on any atom is 0.234 e. The summed E-state index contributed by atoms with van der Waals surface area (Å²) in [5.74, 6) is -0.0365. The van der Waals surface area contributed by atoms with Crippen LogP contribution in [-0.2, 0) is 16.1 Å². The third-order valence-corrected chi connectivity index (χ3v) is 4.86. The van der Waals surface area contributed by atoms with Crippen molar-refractivity contribution in [1.29, 1.82) is 0 Å². The van der Waals surface area contributed by atoms with Crippen molar-refractivity contribution in [2.75, 3.05) is 27.3 Å². The number of methoxy groups -OCH3 is 1. The van der Waals surface area contributed by atoms with Crippen LogP contribution >= 0.6 is 11.6 Å². The Morgan fingerprint density at radius 3 is 2.57 bits per heavy atom. The molecule has 1 amide bonds. The Morgan fingerprint density at radius 2 is 1.90 bits per heavy atom. The van der Waals surface area contributed by atoms with Gasteiger partial charge in [-0.1, -0.05) is 41.9 Å². The van der Waals surface area contributed by atoms with Crippen LogP contribution in [0.25, 0.3) is 16.9 Å². The van der Waals surface area contributed by atoms with E-state index >= 15 is 0 Å².